The molecule has 1 aliphatic rings. The minimum absolute atomic E-state index is 0.235. The SMILES string of the molecule is COC[C@H]1COCCN1N. The fourth-order valence-corrected chi connectivity index (χ4v) is 1.00. The predicted octanol–water partition coefficient (Wildman–Crippen LogP) is -0.793. The van der Waals surface area contributed by atoms with Crippen LogP contribution in [0.15, 0.2) is 0 Å². The quantitative estimate of drug-likeness (QED) is 0.518. The van der Waals surface area contributed by atoms with E-state index in [0.29, 0.717) is 13.2 Å². The molecular formula is C6H14N2O2. The second-order valence-electron chi connectivity index (χ2n) is 2.42. The maximum Gasteiger partial charge on any atom is 0.0709 e. The zero-order valence-electron chi connectivity index (χ0n) is 6.25. The van der Waals surface area contributed by atoms with Gasteiger partial charge >= 0.3 is 0 Å². The molecule has 1 rings (SSSR count). The van der Waals surface area contributed by atoms with Crippen molar-refractivity contribution in [3.8, 4) is 0 Å². The van der Waals surface area contributed by atoms with Crippen LogP contribution in [0.25, 0.3) is 0 Å². The first-order valence-electron chi connectivity index (χ1n) is 3.42. The Balaban J connectivity index is 2.25. The number of hydrazine groups is 1. The van der Waals surface area contributed by atoms with Crippen molar-refractivity contribution < 1.29 is 9.47 Å². The van der Waals surface area contributed by atoms with Crippen LogP contribution in [0.3, 0.4) is 0 Å². The monoisotopic (exact) mass is 146 g/mol. The van der Waals surface area contributed by atoms with Crippen molar-refractivity contribution >= 4 is 0 Å². The van der Waals surface area contributed by atoms with E-state index in [2.05, 4.69) is 0 Å². The molecule has 1 heterocycles. The zero-order chi connectivity index (χ0) is 7.40. The fourth-order valence-electron chi connectivity index (χ4n) is 1.00. The largest absolute Gasteiger partial charge is 0.383 e. The molecular weight excluding hydrogens is 132 g/mol. The van der Waals surface area contributed by atoms with Crippen molar-refractivity contribution in [2.75, 3.05) is 33.5 Å². The van der Waals surface area contributed by atoms with E-state index in [4.69, 9.17) is 15.3 Å². The first-order chi connectivity index (χ1) is 4.84. The van der Waals surface area contributed by atoms with Gasteiger partial charge in [-0.3, -0.25) is 5.84 Å². The minimum Gasteiger partial charge on any atom is -0.383 e. The van der Waals surface area contributed by atoms with Crippen LogP contribution >= 0.6 is 0 Å². The van der Waals surface area contributed by atoms with Gasteiger partial charge in [-0.15, -0.1) is 0 Å². The molecule has 0 aliphatic carbocycles. The Bertz CT molecular complexity index is 97.7. The van der Waals surface area contributed by atoms with Crippen molar-refractivity contribution in [2.45, 2.75) is 6.04 Å². The molecule has 0 amide bonds. The molecule has 0 aromatic rings. The van der Waals surface area contributed by atoms with Crippen LogP contribution in [-0.4, -0.2) is 44.5 Å². The molecule has 1 saturated heterocycles. The summed E-state index contributed by atoms with van der Waals surface area (Å²) in [5.41, 5.74) is 0. The average molecular weight is 146 g/mol. The van der Waals surface area contributed by atoms with E-state index < -0.39 is 0 Å². The predicted molar refractivity (Wildman–Crippen MR) is 37.4 cm³/mol. The van der Waals surface area contributed by atoms with Crippen molar-refractivity contribution in [1.82, 2.24) is 5.01 Å². The summed E-state index contributed by atoms with van der Waals surface area (Å²) < 4.78 is 10.2. The van der Waals surface area contributed by atoms with Gasteiger partial charge in [-0.2, -0.15) is 0 Å². The summed E-state index contributed by atoms with van der Waals surface area (Å²) in [4.78, 5) is 0. The average Bonchev–Trinajstić information content (AvgIpc) is 1.94. The first-order valence-corrected chi connectivity index (χ1v) is 3.42. The second-order valence-corrected chi connectivity index (χ2v) is 2.42. The lowest BCUT2D eigenvalue weighted by molar-refractivity contribution is -0.0355. The highest BCUT2D eigenvalue weighted by molar-refractivity contribution is 4.69. The van der Waals surface area contributed by atoms with Crippen molar-refractivity contribution in [1.29, 1.82) is 0 Å². The Morgan fingerprint density at radius 1 is 1.80 bits per heavy atom. The molecule has 10 heavy (non-hydrogen) atoms. The van der Waals surface area contributed by atoms with E-state index >= 15 is 0 Å². The van der Waals surface area contributed by atoms with Gasteiger partial charge in [-0.25, -0.2) is 5.01 Å². The van der Waals surface area contributed by atoms with Gasteiger partial charge in [0.2, 0.25) is 0 Å². The summed E-state index contributed by atoms with van der Waals surface area (Å²) in [6.07, 6.45) is 0. The third-order valence-electron chi connectivity index (χ3n) is 1.63. The Morgan fingerprint density at radius 3 is 3.20 bits per heavy atom. The highest BCUT2D eigenvalue weighted by Crippen LogP contribution is 2.00. The molecule has 0 bridgehead atoms. The topological polar surface area (TPSA) is 47.7 Å². The lowest BCUT2D eigenvalue weighted by Crippen LogP contribution is -2.51. The molecule has 1 atom stereocenters. The summed E-state index contributed by atoms with van der Waals surface area (Å²) in [6.45, 7) is 2.87. The van der Waals surface area contributed by atoms with E-state index in [1.807, 2.05) is 0 Å². The number of morpholine rings is 1. The summed E-state index contributed by atoms with van der Waals surface area (Å²) >= 11 is 0. The van der Waals surface area contributed by atoms with Crippen LogP contribution in [0, 0.1) is 0 Å². The molecule has 1 aliphatic heterocycles. The molecule has 4 heteroatoms. The lowest BCUT2D eigenvalue weighted by Gasteiger charge is -2.30. The fraction of sp³-hybridized carbons (Fsp3) is 1.00. The van der Waals surface area contributed by atoms with E-state index in [9.17, 15) is 0 Å². The Hall–Kier alpha value is -0.160. The number of rotatable bonds is 2. The molecule has 0 aromatic carbocycles. The van der Waals surface area contributed by atoms with E-state index in [1.54, 1.807) is 12.1 Å². The maximum atomic E-state index is 5.64. The lowest BCUT2D eigenvalue weighted by atomic mass is 10.3. The number of hydrogen-bond donors (Lipinski definition) is 1. The van der Waals surface area contributed by atoms with Crippen molar-refractivity contribution in [3.63, 3.8) is 0 Å². The number of nitrogens with two attached hydrogens (primary N) is 1. The van der Waals surface area contributed by atoms with Gasteiger partial charge in [0, 0.05) is 13.7 Å². The van der Waals surface area contributed by atoms with Crippen molar-refractivity contribution in [3.05, 3.63) is 0 Å². The van der Waals surface area contributed by atoms with Gasteiger partial charge in [0.25, 0.3) is 0 Å². The first kappa shape index (κ1) is 7.94. The smallest absolute Gasteiger partial charge is 0.0709 e. The Morgan fingerprint density at radius 2 is 2.60 bits per heavy atom. The minimum atomic E-state index is 0.235. The van der Waals surface area contributed by atoms with Gasteiger partial charge in [0.15, 0.2) is 0 Å². The molecule has 1 fully saturated rings. The number of nitrogens with zero attached hydrogens (tertiary/aromatic N) is 1. The number of ether oxygens (including phenoxy) is 2. The van der Waals surface area contributed by atoms with E-state index in [-0.39, 0.29) is 6.04 Å². The standard InChI is InChI=1S/C6H14N2O2/c1-9-4-6-5-10-3-2-8(6)7/h6H,2-5,7H2,1H3/t6-/m0/s1. The van der Waals surface area contributed by atoms with Gasteiger partial charge in [-0.05, 0) is 0 Å². The molecule has 0 spiro atoms. The van der Waals surface area contributed by atoms with E-state index in [0.717, 1.165) is 13.2 Å². The van der Waals surface area contributed by atoms with Crippen LogP contribution in [0.5, 0.6) is 0 Å². The van der Waals surface area contributed by atoms with Crippen molar-refractivity contribution in [2.24, 2.45) is 5.84 Å². The molecule has 2 N–H and O–H groups in total. The van der Waals surface area contributed by atoms with E-state index in [1.165, 1.54) is 0 Å². The normalized spacial score (nSPS) is 28.8. The van der Waals surface area contributed by atoms with Crippen LogP contribution in [-0.2, 0) is 9.47 Å². The highest BCUT2D eigenvalue weighted by Gasteiger charge is 2.19. The maximum absolute atomic E-state index is 5.64. The van der Waals surface area contributed by atoms with Gasteiger partial charge < -0.3 is 9.47 Å². The summed E-state index contributed by atoms with van der Waals surface area (Å²) in [5.74, 6) is 5.64. The molecule has 0 unspecified atom stereocenters. The second kappa shape index (κ2) is 3.88. The molecule has 0 aromatic heterocycles. The Kier molecular flexibility index (Phi) is 3.08. The molecule has 4 nitrogen and oxygen atoms in total. The zero-order valence-corrected chi connectivity index (χ0v) is 6.25. The van der Waals surface area contributed by atoms with Crippen LogP contribution in [0.4, 0.5) is 0 Å². The summed E-state index contributed by atoms with van der Waals surface area (Å²) in [6, 6.07) is 0.235. The number of hydrogen-bond acceptors (Lipinski definition) is 4. The van der Waals surface area contributed by atoms with Crippen LogP contribution in [0.1, 0.15) is 0 Å². The third kappa shape index (κ3) is 1.91. The van der Waals surface area contributed by atoms with Gasteiger partial charge in [-0.1, -0.05) is 0 Å². The molecule has 60 valence electrons. The summed E-state index contributed by atoms with van der Waals surface area (Å²) in [7, 11) is 1.67. The van der Waals surface area contributed by atoms with Gasteiger partial charge in [0.05, 0.1) is 25.9 Å². The van der Waals surface area contributed by atoms with Crippen LogP contribution < -0.4 is 5.84 Å². The molecule has 0 saturated carbocycles. The van der Waals surface area contributed by atoms with Gasteiger partial charge in [0.1, 0.15) is 0 Å². The number of methoxy groups -OCH3 is 1. The summed E-state index contributed by atoms with van der Waals surface area (Å²) in [5, 5.41) is 1.77. The third-order valence-corrected chi connectivity index (χ3v) is 1.63. The highest BCUT2D eigenvalue weighted by atomic mass is 16.5. The Labute approximate surface area is 60.9 Å². The van der Waals surface area contributed by atoms with Crippen LogP contribution in [0.2, 0.25) is 0 Å². The molecule has 0 radical (unpaired) electrons.